The van der Waals surface area contributed by atoms with Gasteiger partial charge < -0.3 is 24.8 Å². The number of methoxy groups -OCH3 is 2. The van der Waals surface area contributed by atoms with Crippen molar-refractivity contribution >= 4 is 23.1 Å². The fourth-order valence-electron chi connectivity index (χ4n) is 5.10. The highest BCUT2D eigenvalue weighted by atomic mass is 16.5. The summed E-state index contributed by atoms with van der Waals surface area (Å²) in [7, 11) is 2.92. The number of para-hydroxylation sites is 2. The minimum Gasteiger partial charge on any atom is -0.493 e. The van der Waals surface area contributed by atoms with Crippen LogP contribution in [-0.4, -0.2) is 26.0 Å². The zero-order valence-corrected chi connectivity index (χ0v) is 21.1. The first-order valence-electron chi connectivity index (χ1n) is 12.3. The van der Waals surface area contributed by atoms with Crippen LogP contribution in [0.15, 0.2) is 84.1 Å². The molecule has 3 aromatic carbocycles. The Morgan fingerprint density at radius 2 is 1.68 bits per heavy atom. The van der Waals surface area contributed by atoms with Crippen LogP contribution in [0.4, 0.5) is 11.4 Å². The third-order valence-corrected chi connectivity index (χ3v) is 6.98. The first-order valence-corrected chi connectivity index (χ1v) is 12.3. The van der Waals surface area contributed by atoms with Gasteiger partial charge in [-0.15, -0.1) is 0 Å². The average molecular weight is 499 g/mol. The lowest BCUT2D eigenvalue weighted by atomic mass is 9.75. The number of nitrogens with one attached hydrogen (secondary N) is 2. The van der Waals surface area contributed by atoms with E-state index in [9.17, 15) is 9.59 Å². The van der Waals surface area contributed by atoms with Crippen LogP contribution < -0.4 is 20.1 Å². The molecule has 3 atom stereocenters. The molecular weight excluding hydrogens is 468 g/mol. The van der Waals surface area contributed by atoms with Crippen LogP contribution in [0.2, 0.25) is 0 Å². The Morgan fingerprint density at radius 1 is 0.946 bits per heavy atom. The van der Waals surface area contributed by atoms with Crippen molar-refractivity contribution in [1.82, 2.24) is 0 Å². The van der Waals surface area contributed by atoms with Crippen molar-refractivity contribution in [2.24, 2.45) is 11.8 Å². The molecule has 3 aromatic rings. The monoisotopic (exact) mass is 498 g/mol. The van der Waals surface area contributed by atoms with Gasteiger partial charge in [-0.2, -0.15) is 0 Å². The third-order valence-electron chi connectivity index (χ3n) is 6.98. The standard InChI is InChI=1S/C30H30N2O5/c1-18-15-23-27(29(33)26(18)30(34)36-3)28(32-22-12-8-7-11-21(22)31-23)20-13-14-24(25(16-20)35-2)37-17-19-9-5-4-6-10-19/h4-14,16,18,26,28,31-32H,15,17H2,1-3H3/t18-,26-,28+/m1/s1. The summed E-state index contributed by atoms with van der Waals surface area (Å²) in [6.45, 7) is 2.31. The molecule has 2 N–H and O–H groups in total. The van der Waals surface area contributed by atoms with E-state index in [-0.39, 0.29) is 11.7 Å². The molecule has 0 spiro atoms. The molecule has 0 fully saturated rings. The highest BCUT2D eigenvalue weighted by Gasteiger charge is 2.44. The fourth-order valence-corrected chi connectivity index (χ4v) is 5.10. The van der Waals surface area contributed by atoms with E-state index in [2.05, 4.69) is 10.6 Å². The van der Waals surface area contributed by atoms with Gasteiger partial charge in [-0.05, 0) is 47.7 Å². The Kier molecular flexibility index (Phi) is 6.86. The van der Waals surface area contributed by atoms with Crippen LogP contribution in [0.3, 0.4) is 0 Å². The summed E-state index contributed by atoms with van der Waals surface area (Å²) >= 11 is 0. The number of allylic oxidation sites excluding steroid dienone is 1. The quantitative estimate of drug-likeness (QED) is 0.343. The number of rotatable bonds is 6. The SMILES string of the molecule is COC(=O)[C@H]1C(=O)C2=C(C[C@H]1C)Nc1ccccc1N[C@H]2c1ccc(OCc2ccccc2)c(OC)c1. The molecule has 190 valence electrons. The molecule has 0 bridgehead atoms. The Balaban J connectivity index is 1.54. The molecule has 7 heteroatoms. The number of anilines is 2. The third kappa shape index (κ3) is 4.77. The van der Waals surface area contributed by atoms with Crippen molar-refractivity contribution < 1.29 is 23.8 Å². The van der Waals surface area contributed by atoms with E-state index in [0.29, 0.717) is 30.1 Å². The predicted octanol–water partition coefficient (Wildman–Crippen LogP) is 5.51. The van der Waals surface area contributed by atoms with Crippen LogP contribution in [-0.2, 0) is 20.9 Å². The number of Topliss-reactive ketones (excluding diaryl/α,β-unsaturated/α-hetero) is 1. The Hall–Kier alpha value is -4.26. The van der Waals surface area contributed by atoms with Crippen molar-refractivity contribution in [1.29, 1.82) is 0 Å². The van der Waals surface area contributed by atoms with E-state index in [1.807, 2.05) is 79.7 Å². The van der Waals surface area contributed by atoms with E-state index in [1.54, 1.807) is 7.11 Å². The molecule has 1 aliphatic heterocycles. The maximum absolute atomic E-state index is 13.8. The molecule has 7 nitrogen and oxygen atoms in total. The lowest BCUT2D eigenvalue weighted by Gasteiger charge is -2.32. The summed E-state index contributed by atoms with van der Waals surface area (Å²) in [6.07, 6.45) is 0.544. The van der Waals surface area contributed by atoms with Crippen LogP contribution in [0.25, 0.3) is 0 Å². The van der Waals surface area contributed by atoms with Gasteiger partial charge in [0.2, 0.25) is 0 Å². The van der Waals surface area contributed by atoms with Gasteiger partial charge in [-0.25, -0.2) is 0 Å². The van der Waals surface area contributed by atoms with Crippen LogP contribution in [0.1, 0.15) is 30.5 Å². The van der Waals surface area contributed by atoms with Gasteiger partial charge in [-0.3, -0.25) is 9.59 Å². The van der Waals surface area contributed by atoms with E-state index in [4.69, 9.17) is 14.2 Å². The number of ether oxygens (including phenoxy) is 3. The normalized spacial score (nSPS) is 20.5. The highest BCUT2D eigenvalue weighted by Crippen LogP contribution is 2.45. The zero-order valence-electron chi connectivity index (χ0n) is 21.1. The molecule has 2 aliphatic rings. The van der Waals surface area contributed by atoms with Gasteiger partial charge >= 0.3 is 5.97 Å². The van der Waals surface area contributed by atoms with E-state index in [0.717, 1.165) is 28.2 Å². The lowest BCUT2D eigenvalue weighted by Crippen LogP contribution is -2.39. The molecule has 0 saturated carbocycles. The van der Waals surface area contributed by atoms with Crippen LogP contribution >= 0.6 is 0 Å². The minimum absolute atomic E-state index is 0.194. The predicted molar refractivity (Wildman–Crippen MR) is 142 cm³/mol. The molecule has 37 heavy (non-hydrogen) atoms. The molecule has 0 radical (unpaired) electrons. The second-order valence-corrected chi connectivity index (χ2v) is 9.37. The summed E-state index contributed by atoms with van der Waals surface area (Å²) in [6, 6.07) is 22.9. The average Bonchev–Trinajstić information content (AvgIpc) is 3.09. The molecule has 0 amide bonds. The Labute approximate surface area is 216 Å². The van der Waals surface area contributed by atoms with Crippen LogP contribution in [0, 0.1) is 11.8 Å². The zero-order chi connectivity index (χ0) is 25.9. The van der Waals surface area contributed by atoms with Gasteiger partial charge in [-0.1, -0.05) is 55.5 Å². The first kappa shape index (κ1) is 24.4. The molecule has 1 aliphatic carbocycles. The fraction of sp³-hybridized carbons (Fsp3) is 0.267. The van der Waals surface area contributed by atoms with Crippen molar-refractivity contribution in [3.8, 4) is 11.5 Å². The second kappa shape index (κ2) is 10.4. The molecule has 0 aromatic heterocycles. The molecule has 5 rings (SSSR count). The first-order chi connectivity index (χ1) is 18.0. The number of carbonyl (C=O) groups is 2. The number of hydrogen-bond acceptors (Lipinski definition) is 7. The number of ketones is 1. The minimum atomic E-state index is -0.855. The van der Waals surface area contributed by atoms with Gasteiger partial charge in [0.25, 0.3) is 0 Å². The topological polar surface area (TPSA) is 85.9 Å². The molecule has 1 heterocycles. The molecule has 0 saturated heterocycles. The number of benzene rings is 3. The Morgan fingerprint density at radius 3 is 2.41 bits per heavy atom. The largest absolute Gasteiger partial charge is 0.493 e. The number of hydrogen-bond donors (Lipinski definition) is 2. The van der Waals surface area contributed by atoms with Crippen molar-refractivity contribution in [3.05, 3.63) is 95.2 Å². The number of carbonyl (C=O) groups excluding carboxylic acids is 2. The van der Waals surface area contributed by atoms with E-state index >= 15 is 0 Å². The second-order valence-electron chi connectivity index (χ2n) is 9.37. The van der Waals surface area contributed by atoms with Crippen LogP contribution in [0.5, 0.6) is 11.5 Å². The highest BCUT2D eigenvalue weighted by molar-refractivity contribution is 6.11. The summed E-state index contributed by atoms with van der Waals surface area (Å²) in [4.78, 5) is 26.4. The summed E-state index contributed by atoms with van der Waals surface area (Å²) in [5.74, 6) is -0.628. The number of fused-ring (bicyclic) bond motifs is 1. The summed E-state index contributed by atoms with van der Waals surface area (Å²) in [5, 5.41) is 7.00. The lowest BCUT2D eigenvalue weighted by molar-refractivity contribution is -0.151. The van der Waals surface area contributed by atoms with Crippen molar-refractivity contribution in [3.63, 3.8) is 0 Å². The van der Waals surface area contributed by atoms with Gasteiger partial charge in [0.15, 0.2) is 17.3 Å². The van der Waals surface area contributed by atoms with Gasteiger partial charge in [0.05, 0.1) is 31.6 Å². The van der Waals surface area contributed by atoms with Crippen molar-refractivity contribution in [2.75, 3.05) is 24.9 Å². The smallest absolute Gasteiger partial charge is 0.316 e. The molecule has 0 unspecified atom stereocenters. The molecular formula is C30H30N2O5. The summed E-state index contributed by atoms with van der Waals surface area (Å²) in [5.41, 5.74) is 4.95. The summed E-state index contributed by atoms with van der Waals surface area (Å²) < 4.78 is 16.7. The van der Waals surface area contributed by atoms with Gasteiger partial charge in [0, 0.05) is 11.3 Å². The van der Waals surface area contributed by atoms with E-state index < -0.39 is 17.9 Å². The van der Waals surface area contributed by atoms with Gasteiger partial charge in [0.1, 0.15) is 12.5 Å². The maximum atomic E-state index is 13.8. The maximum Gasteiger partial charge on any atom is 0.316 e. The Bertz CT molecular complexity index is 1350. The van der Waals surface area contributed by atoms with E-state index in [1.165, 1.54) is 7.11 Å². The van der Waals surface area contributed by atoms with Crippen molar-refractivity contribution in [2.45, 2.75) is 26.0 Å². The number of esters is 1.